The maximum absolute atomic E-state index is 6.06. The molecule has 0 amide bonds. The molecule has 2 aromatic rings. The predicted octanol–water partition coefficient (Wildman–Crippen LogP) is 4.08. The zero-order chi connectivity index (χ0) is 15.1. The molecule has 22 heavy (non-hydrogen) atoms. The summed E-state index contributed by atoms with van der Waals surface area (Å²) in [6, 6.07) is 17.0. The molecule has 0 spiro atoms. The summed E-state index contributed by atoms with van der Waals surface area (Å²) >= 11 is 6.06. The molecule has 0 bridgehead atoms. The summed E-state index contributed by atoms with van der Waals surface area (Å²) in [6.07, 6.45) is 8.89. The van der Waals surface area contributed by atoms with Gasteiger partial charge in [-0.05, 0) is 45.2 Å². The highest BCUT2D eigenvalue weighted by Crippen LogP contribution is 2.36. The summed E-state index contributed by atoms with van der Waals surface area (Å²) in [5.74, 6) is 0.901. The number of rotatable bonds is 1. The van der Waals surface area contributed by atoms with Crippen molar-refractivity contribution in [3.8, 4) is 0 Å². The maximum Gasteiger partial charge on any atom is 0.0406 e. The van der Waals surface area contributed by atoms with Crippen LogP contribution in [-0.2, 0) is 0 Å². The van der Waals surface area contributed by atoms with E-state index in [2.05, 4.69) is 67.6 Å². The average Bonchev–Trinajstić information content (AvgIpc) is 2.57. The number of allylic oxidation sites excluding steroid dienone is 4. The molecular weight excluding hydrogens is 288 g/mol. The monoisotopic (exact) mass is 304 g/mol. The third-order valence-corrected chi connectivity index (χ3v) is 4.99. The van der Waals surface area contributed by atoms with E-state index in [1.807, 2.05) is 12.1 Å². The van der Waals surface area contributed by atoms with Gasteiger partial charge in [0.1, 0.15) is 0 Å². The van der Waals surface area contributed by atoms with Crippen LogP contribution < -0.4 is 10.4 Å². The normalized spacial score (nSPS) is 22.5. The minimum atomic E-state index is 0.450. The highest BCUT2D eigenvalue weighted by molar-refractivity contribution is 6.30. The zero-order valence-electron chi connectivity index (χ0n) is 12.5. The molecule has 2 aliphatic carbocycles. The maximum atomic E-state index is 6.06. The second kappa shape index (κ2) is 5.30. The molecule has 4 rings (SSSR count). The summed E-state index contributed by atoms with van der Waals surface area (Å²) in [5, 5.41) is 3.49. The molecule has 0 N–H and O–H groups in total. The van der Waals surface area contributed by atoms with E-state index in [4.69, 9.17) is 11.6 Å². The van der Waals surface area contributed by atoms with E-state index < -0.39 is 0 Å². The fraction of sp³-hybridized carbons (Fsp3) is 0.143. The highest BCUT2D eigenvalue weighted by Gasteiger charge is 2.27. The Balaban J connectivity index is 2.10. The van der Waals surface area contributed by atoms with Crippen LogP contribution >= 0.6 is 11.6 Å². The number of benzene rings is 2. The smallest absolute Gasteiger partial charge is 0.0406 e. The van der Waals surface area contributed by atoms with Crippen LogP contribution in [0.5, 0.6) is 0 Å². The Labute approximate surface area is 135 Å². The first kappa shape index (κ1) is 13.6. The first-order valence-electron chi connectivity index (χ1n) is 7.70. The first-order chi connectivity index (χ1) is 10.8. The lowest BCUT2D eigenvalue weighted by Gasteiger charge is -2.31. The second-order valence-corrected chi connectivity index (χ2v) is 6.42. The van der Waals surface area contributed by atoms with Crippen LogP contribution in [0.3, 0.4) is 0 Å². The summed E-state index contributed by atoms with van der Waals surface area (Å²) in [4.78, 5) is 0. The Morgan fingerprint density at radius 3 is 2.36 bits per heavy atom. The van der Waals surface area contributed by atoms with Crippen molar-refractivity contribution in [3.05, 3.63) is 93.9 Å². The van der Waals surface area contributed by atoms with Crippen molar-refractivity contribution in [2.24, 2.45) is 11.8 Å². The van der Waals surface area contributed by atoms with Crippen LogP contribution in [0.2, 0.25) is 5.02 Å². The van der Waals surface area contributed by atoms with Crippen LogP contribution in [0.1, 0.15) is 12.5 Å². The lowest BCUT2D eigenvalue weighted by atomic mass is 9.73. The van der Waals surface area contributed by atoms with Crippen LogP contribution in [0.4, 0.5) is 0 Å². The third-order valence-electron chi connectivity index (χ3n) is 4.74. The van der Waals surface area contributed by atoms with E-state index >= 15 is 0 Å². The molecule has 0 aromatic heterocycles. The molecule has 0 heterocycles. The van der Waals surface area contributed by atoms with Crippen molar-refractivity contribution in [2.75, 3.05) is 0 Å². The van der Waals surface area contributed by atoms with E-state index in [0.717, 1.165) is 5.02 Å². The standard InChI is InChI=1S/C21H17Cl/c1-14-17-6-2-3-7-18(17)19-8-4-5-9-20(19)21(14)15-10-12-16(22)13-11-15/h2-14,17H,1H3. The SMILES string of the molecule is CC1C(c2ccc(Cl)cc2)=c2ccccc2=C2C=CC=CC21. The fourth-order valence-electron chi connectivity index (χ4n) is 3.71. The molecular formula is C21H17Cl. The van der Waals surface area contributed by atoms with Gasteiger partial charge in [0.15, 0.2) is 0 Å². The van der Waals surface area contributed by atoms with Gasteiger partial charge in [0.25, 0.3) is 0 Å². The first-order valence-corrected chi connectivity index (χ1v) is 8.08. The molecule has 2 aliphatic rings. The molecule has 0 fully saturated rings. The number of hydrogen-bond donors (Lipinski definition) is 0. The molecule has 0 nitrogen and oxygen atoms in total. The van der Waals surface area contributed by atoms with Crippen molar-refractivity contribution in [1.29, 1.82) is 0 Å². The average molecular weight is 305 g/mol. The fourth-order valence-corrected chi connectivity index (χ4v) is 3.83. The van der Waals surface area contributed by atoms with E-state index in [9.17, 15) is 0 Å². The van der Waals surface area contributed by atoms with Crippen molar-refractivity contribution >= 4 is 22.7 Å². The van der Waals surface area contributed by atoms with Gasteiger partial charge in [0.05, 0.1) is 0 Å². The van der Waals surface area contributed by atoms with Crippen molar-refractivity contribution in [1.82, 2.24) is 0 Å². The van der Waals surface area contributed by atoms with E-state index in [-0.39, 0.29) is 0 Å². The summed E-state index contributed by atoms with van der Waals surface area (Å²) in [6.45, 7) is 2.33. The zero-order valence-corrected chi connectivity index (χ0v) is 13.2. The van der Waals surface area contributed by atoms with Crippen molar-refractivity contribution < 1.29 is 0 Å². The van der Waals surface area contributed by atoms with Gasteiger partial charge in [-0.3, -0.25) is 0 Å². The van der Waals surface area contributed by atoms with E-state index in [0.29, 0.717) is 11.8 Å². The molecule has 2 aromatic carbocycles. The van der Waals surface area contributed by atoms with Gasteiger partial charge in [-0.1, -0.05) is 79.2 Å². The molecule has 0 radical (unpaired) electrons. The number of halogens is 1. The minimum absolute atomic E-state index is 0.450. The largest absolute Gasteiger partial charge is 0.0843 e. The molecule has 1 heteroatoms. The van der Waals surface area contributed by atoms with Gasteiger partial charge in [-0.15, -0.1) is 0 Å². The predicted molar refractivity (Wildman–Crippen MR) is 94.0 cm³/mol. The van der Waals surface area contributed by atoms with Gasteiger partial charge in [-0.25, -0.2) is 0 Å². The Kier molecular flexibility index (Phi) is 3.28. The van der Waals surface area contributed by atoms with Crippen LogP contribution in [0, 0.1) is 11.8 Å². The van der Waals surface area contributed by atoms with E-state index in [1.165, 1.54) is 27.1 Å². The summed E-state index contributed by atoms with van der Waals surface area (Å²) in [5.41, 5.74) is 4.12. The Morgan fingerprint density at radius 1 is 0.864 bits per heavy atom. The summed E-state index contributed by atoms with van der Waals surface area (Å²) in [7, 11) is 0. The van der Waals surface area contributed by atoms with Crippen molar-refractivity contribution in [3.63, 3.8) is 0 Å². The highest BCUT2D eigenvalue weighted by atomic mass is 35.5. The van der Waals surface area contributed by atoms with Gasteiger partial charge >= 0.3 is 0 Å². The molecule has 0 saturated heterocycles. The topological polar surface area (TPSA) is 0 Å². The van der Waals surface area contributed by atoms with Crippen LogP contribution in [0.15, 0.2) is 72.8 Å². The van der Waals surface area contributed by atoms with Crippen molar-refractivity contribution in [2.45, 2.75) is 6.92 Å². The lowest BCUT2D eigenvalue weighted by molar-refractivity contribution is 0.632. The molecule has 108 valence electrons. The van der Waals surface area contributed by atoms with Crippen LogP contribution in [0.25, 0.3) is 11.1 Å². The Bertz CT molecular complexity index is 898. The Morgan fingerprint density at radius 2 is 1.59 bits per heavy atom. The summed E-state index contributed by atoms with van der Waals surface area (Å²) < 4.78 is 0. The molecule has 0 saturated carbocycles. The quantitative estimate of drug-likeness (QED) is 0.744. The lowest BCUT2D eigenvalue weighted by Crippen LogP contribution is -2.39. The minimum Gasteiger partial charge on any atom is -0.0843 e. The molecule has 0 aliphatic heterocycles. The number of hydrogen-bond acceptors (Lipinski definition) is 0. The van der Waals surface area contributed by atoms with E-state index in [1.54, 1.807) is 0 Å². The number of fused-ring (bicyclic) bond motifs is 2. The van der Waals surface area contributed by atoms with Gasteiger partial charge in [-0.2, -0.15) is 0 Å². The third kappa shape index (κ3) is 2.07. The second-order valence-electron chi connectivity index (χ2n) is 5.98. The van der Waals surface area contributed by atoms with Gasteiger partial charge < -0.3 is 0 Å². The van der Waals surface area contributed by atoms with Crippen LogP contribution in [-0.4, -0.2) is 0 Å². The Hall–Kier alpha value is -2.05. The molecule has 2 atom stereocenters. The van der Waals surface area contributed by atoms with Gasteiger partial charge in [0.2, 0.25) is 0 Å². The molecule has 2 unspecified atom stereocenters. The van der Waals surface area contributed by atoms with Gasteiger partial charge in [0, 0.05) is 10.9 Å².